The van der Waals surface area contributed by atoms with Crippen LogP contribution in [0.5, 0.6) is 0 Å². The molecule has 3 aromatic rings. The molecule has 0 radical (unpaired) electrons. The summed E-state index contributed by atoms with van der Waals surface area (Å²) in [7, 11) is 0. The van der Waals surface area contributed by atoms with Crippen molar-refractivity contribution in [3.63, 3.8) is 0 Å². The van der Waals surface area contributed by atoms with Crippen molar-refractivity contribution in [2.75, 3.05) is 0 Å². The summed E-state index contributed by atoms with van der Waals surface area (Å²) in [6, 6.07) is 18.0. The number of carbonyl (C=O) groups is 1. The molecule has 1 heterocycles. The molecule has 0 aliphatic carbocycles. The second-order valence-corrected chi connectivity index (χ2v) is 6.80. The first-order chi connectivity index (χ1) is 11.6. The fraction of sp³-hybridized carbons (Fsp3) is 0.200. The van der Waals surface area contributed by atoms with Crippen LogP contribution >= 0.6 is 15.9 Å². The Hall–Kier alpha value is -2.20. The highest BCUT2D eigenvalue weighted by Crippen LogP contribution is 2.38. The topological polar surface area (TPSA) is 43.1 Å². The lowest BCUT2D eigenvalue weighted by atomic mass is 9.85. The molecule has 0 saturated carbocycles. The second-order valence-electron chi connectivity index (χ2n) is 5.89. The number of benzene rings is 2. The van der Waals surface area contributed by atoms with Gasteiger partial charge >= 0.3 is 0 Å². The van der Waals surface area contributed by atoms with E-state index in [4.69, 9.17) is 4.52 Å². The Bertz CT molecular complexity index is 838. The normalized spacial score (nSPS) is 12.1. The minimum Gasteiger partial charge on any atom is -0.356 e. The van der Waals surface area contributed by atoms with E-state index in [0.29, 0.717) is 6.42 Å². The molecule has 0 bridgehead atoms. The van der Waals surface area contributed by atoms with Gasteiger partial charge in [0.1, 0.15) is 5.78 Å². The van der Waals surface area contributed by atoms with Crippen LogP contribution in [0.15, 0.2) is 63.6 Å². The maximum Gasteiger partial charge on any atom is 0.170 e. The average molecular weight is 384 g/mol. The molecule has 3 nitrogen and oxygen atoms in total. The SMILES string of the molecule is CC(=O)CC(c1ccccc1)c1c(C)noc1-c1ccc(Br)cc1. The fourth-order valence-electron chi connectivity index (χ4n) is 2.96. The molecule has 0 aliphatic rings. The number of rotatable bonds is 5. The Labute approximate surface area is 149 Å². The maximum absolute atomic E-state index is 11.9. The molecule has 1 atom stereocenters. The van der Waals surface area contributed by atoms with Crippen molar-refractivity contribution in [3.05, 3.63) is 75.9 Å². The minimum absolute atomic E-state index is 0.0615. The molecule has 0 N–H and O–H groups in total. The van der Waals surface area contributed by atoms with Crippen molar-refractivity contribution in [1.29, 1.82) is 0 Å². The van der Waals surface area contributed by atoms with Gasteiger partial charge in [-0.2, -0.15) is 0 Å². The first-order valence-corrected chi connectivity index (χ1v) is 8.62. The van der Waals surface area contributed by atoms with E-state index in [2.05, 4.69) is 21.1 Å². The molecule has 0 aliphatic heterocycles. The van der Waals surface area contributed by atoms with Crippen molar-refractivity contribution in [2.45, 2.75) is 26.2 Å². The van der Waals surface area contributed by atoms with Crippen LogP contribution in [0.4, 0.5) is 0 Å². The molecular weight excluding hydrogens is 366 g/mol. The summed E-state index contributed by atoms with van der Waals surface area (Å²) in [4.78, 5) is 11.9. The van der Waals surface area contributed by atoms with Gasteiger partial charge in [0.05, 0.1) is 5.69 Å². The number of ketones is 1. The predicted molar refractivity (Wildman–Crippen MR) is 98.0 cm³/mol. The highest BCUT2D eigenvalue weighted by atomic mass is 79.9. The Morgan fingerprint density at radius 1 is 1.12 bits per heavy atom. The summed E-state index contributed by atoms with van der Waals surface area (Å²) < 4.78 is 6.64. The molecule has 0 saturated heterocycles. The van der Waals surface area contributed by atoms with Gasteiger partial charge in [-0.3, -0.25) is 4.79 Å². The van der Waals surface area contributed by atoms with Crippen LogP contribution in [-0.4, -0.2) is 10.9 Å². The van der Waals surface area contributed by atoms with Crippen molar-refractivity contribution < 1.29 is 9.32 Å². The first-order valence-electron chi connectivity index (χ1n) is 7.82. The Morgan fingerprint density at radius 3 is 2.42 bits per heavy atom. The van der Waals surface area contributed by atoms with Crippen LogP contribution in [0, 0.1) is 6.92 Å². The Morgan fingerprint density at radius 2 is 1.79 bits per heavy atom. The van der Waals surface area contributed by atoms with Gasteiger partial charge in [-0.1, -0.05) is 63.6 Å². The lowest BCUT2D eigenvalue weighted by Gasteiger charge is -2.17. The molecule has 0 spiro atoms. The van der Waals surface area contributed by atoms with Gasteiger partial charge in [0, 0.05) is 27.9 Å². The number of nitrogens with zero attached hydrogens (tertiary/aromatic N) is 1. The van der Waals surface area contributed by atoms with E-state index >= 15 is 0 Å². The van der Waals surface area contributed by atoms with E-state index < -0.39 is 0 Å². The molecule has 4 heteroatoms. The second kappa shape index (κ2) is 7.14. The Balaban J connectivity index is 2.13. The molecule has 1 aromatic heterocycles. The van der Waals surface area contributed by atoms with Crippen LogP contribution < -0.4 is 0 Å². The lowest BCUT2D eigenvalue weighted by Crippen LogP contribution is -2.08. The van der Waals surface area contributed by atoms with Crippen molar-refractivity contribution in [1.82, 2.24) is 5.16 Å². The van der Waals surface area contributed by atoms with Crippen molar-refractivity contribution in [3.8, 4) is 11.3 Å². The molecule has 24 heavy (non-hydrogen) atoms. The quantitative estimate of drug-likeness (QED) is 0.582. The van der Waals surface area contributed by atoms with E-state index in [1.807, 2.05) is 61.5 Å². The van der Waals surface area contributed by atoms with Gasteiger partial charge in [-0.25, -0.2) is 0 Å². The highest BCUT2D eigenvalue weighted by molar-refractivity contribution is 9.10. The maximum atomic E-state index is 11.9. The van der Waals surface area contributed by atoms with Crippen LogP contribution in [0.25, 0.3) is 11.3 Å². The average Bonchev–Trinajstić information content (AvgIpc) is 2.95. The Kier molecular flexibility index (Phi) is 4.95. The summed E-state index contributed by atoms with van der Waals surface area (Å²) in [5.74, 6) is 0.815. The number of Topliss-reactive ketones (excluding diaryl/α,β-unsaturated/α-hetero) is 1. The summed E-state index contributed by atoms with van der Waals surface area (Å²) >= 11 is 3.45. The number of hydrogen-bond donors (Lipinski definition) is 0. The molecule has 0 amide bonds. The summed E-state index contributed by atoms with van der Waals surface area (Å²) in [6.45, 7) is 3.55. The smallest absolute Gasteiger partial charge is 0.170 e. The van der Waals surface area contributed by atoms with Gasteiger partial charge in [0.2, 0.25) is 0 Å². The van der Waals surface area contributed by atoms with E-state index in [1.54, 1.807) is 6.92 Å². The number of aromatic nitrogens is 1. The van der Waals surface area contributed by atoms with Crippen LogP contribution in [0.1, 0.15) is 36.1 Å². The zero-order valence-corrected chi connectivity index (χ0v) is 15.2. The summed E-state index contributed by atoms with van der Waals surface area (Å²) in [6.07, 6.45) is 0.426. The minimum atomic E-state index is -0.0615. The molecular formula is C20H18BrNO2. The van der Waals surface area contributed by atoms with Gasteiger partial charge in [-0.05, 0) is 31.5 Å². The van der Waals surface area contributed by atoms with E-state index in [0.717, 1.165) is 32.6 Å². The van der Waals surface area contributed by atoms with Crippen LogP contribution in [0.3, 0.4) is 0 Å². The van der Waals surface area contributed by atoms with Gasteiger partial charge in [0.25, 0.3) is 0 Å². The van der Waals surface area contributed by atoms with Gasteiger partial charge in [0.15, 0.2) is 5.76 Å². The number of aryl methyl sites for hydroxylation is 1. The summed E-state index contributed by atoms with van der Waals surface area (Å²) in [5.41, 5.74) is 3.86. The van der Waals surface area contributed by atoms with Crippen LogP contribution in [0.2, 0.25) is 0 Å². The number of carbonyl (C=O) groups excluding carboxylic acids is 1. The third-order valence-corrected chi connectivity index (χ3v) is 4.59. The van der Waals surface area contributed by atoms with Crippen LogP contribution in [-0.2, 0) is 4.79 Å². The largest absolute Gasteiger partial charge is 0.356 e. The van der Waals surface area contributed by atoms with Crippen molar-refractivity contribution in [2.24, 2.45) is 0 Å². The molecule has 3 rings (SSSR count). The molecule has 122 valence electrons. The lowest BCUT2D eigenvalue weighted by molar-refractivity contribution is -0.117. The predicted octanol–water partition coefficient (Wildman–Crippen LogP) is 5.52. The molecule has 1 unspecified atom stereocenters. The van der Waals surface area contributed by atoms with Crippen molar-refractivity contribution >= 4 is 21.7 Å². The zero-order chi connectivity index (χ0) is 17.1. The summed E-state index contributed by atoms with van der Waals surface area (Å²) in [5, 5.41) is 4.17. The fourth-order valence-corrected chi connectivity index (χ4v) is 3.22. The third kappa shape index (κ3) is 3.49. The highest BCUT2D eigenvalue weighted by Gasteiger charge is 2.26. The zero-order valence-electron chi connectivity index (χ0n) is 13.6. The van der Waals surface area contributed by atoms with E-state index in [9.17, 15) is 4.79 Å². The van der Waals surface area contributed by atoms with Gasteiger partial charge in [-0.15, -0.1) is 0 Å². The third-order valence-electron chi connectivity index (χ3n) is 4.06. The first kappa shape index (κ1) is 16.7. The number of hydrogen-bond acceptors (Lipinski definition) is 3. The standard InChI is InChI=1S/C20H18BrNO2/c1-13(23)12-18(15-6-4-3-5-7-15)19-14(2)22-24-20(19)16-8-10-17(21)11-9-16/h3-11,18H,12H2,1-2H3. The molecule has 0 fully saturated rings. The van der Waals surface area contributed by atoms with Gasteiger partial charge < -0.3 is 4.52 Å². The monoisotopic (exact) mass is 383 g/mol. The van der Waals surface area contributed by atoms with E-state index in [-0.39, 0.29) is 11.7 Å². The number of halogens is 1. The van der Waals surface area contributed by atoms with E-state index in [1.165, 1.54) is 0 Å². The molecule has 2 aromatic carbocycles.